The van der Waals surface area contributed by atoms with Crippen molar-refractivity contribution >= 4 is 11.6 Å². The molecule has 1 amide bonds. The van der Waals surface area contributed by atoms with Crippen LogP contribution in [0.15, 0.2) is 48.5 Å². The average molecular weight is 335 g/mol. The Hall–Kier alpha value is -3.00. The fourth-order valence-electron chi connectivity index (χ4n) is 2.99. The number of piperazine rings is 1. The van der Waals surface area contributed by atoms with E-state index in [9.17, 15) is 4.79 Å². The minimum absolute atomic E-state index is 0.157. The fraction of sp³-hybridized carbons (Fsp3) is 0.300. The summed E-state index contributed by atoms with van der Waals surface area (Å²) >= 11 is 0. The summed E-state index contributed by atoms with van der Waals surface area (Å²) in [7, 11) is 1.63. The molecule has 0 N–H and O–H groups in total. The SMILES string of the molecule is COc1ccc(CC(=O)N2CCN(c3ccc(C#N)cc3)CC2)cc1. The maximum absolute atomic E-state index is 12.5. The first-order chi connectivity index (χ1) is 12.2. The van der Waals surface area contributed by atoms with Gasteiger partial charge in [-0.25, -0.2) is 0 Å². The van der Waals surface area contributed by atoms with Crippen LogP contribution in [0.5, 0.6) is 5.75 Å². The maximum Gasteiger partial charge on any atom is 0.227 e. The van der Waals surface area contributed by atoms with Crippen LogP contribution in [0, 0.1) is 11.3 Å². The van der Waals surface area contributed by atoms with Crippen molar-refractivity contribution in [2.24, 2.45) is 0 Å². The Bertz CT molecular complexity index is 755. The van der Waals surface area contributed by atoms with Crippen LogP contribution in [0.25, 0.3) is 0 Å². The average Bonchev–Trinajstić information content (AvgIpc) is 2.69. The van der Waals surface area contributed by atoms with Crippen LogP contribution in [-0.2, 0) is 11.2 Å². The van der Waals surface area contributed by atoms with Gasteiger partial charge in [0.1, 0.15) is 5.75 Å². The van der Waals surface area contributed by atoms with Gasteiger partial charge in [0.25, 0.3) is 0 Å². The molecule has 0 aromatic heterocycles. The Morgan fingerprint density at radius 2 is 1.68 bits per heavy atom. The van der Waals surface area contributed by atoms with E-state index in [1.165, 1.54) is 0 Å². The summed E-state index contributed by atoms with van der Waals surface area (Å²) in [5, 5.41) is 8.87. The number of carbonyl (C=O) groups excluding carboxylic acids is 1. The van der Waals surface area contributed by atoms with Gasteiger partial charge in [-0.2, -0.15) is 5.26 Å². The summed E-state index contributed by atoms with van der Waals surface area (Å²) in [5.74, 6) is 0.955. The minimum Gasteiger partial charge on any atom is -0.497 e. The first-order valence-electron chi connectivity index (χ1n) is 8.35. The molecule has 128 valence electrons. The van der Waals surface area contributed by atoms with Gasteiger partial charge in [-0.15, -0.1) is 0 Å². The second-order valence-corrected chi connectivity index (χ2v) is 6.05. The van der Waals surface area contributed by atoms with Gasteiger partial charge in [-0.1, -0.05) is 12.1 Å². The van der Waals surface area contributed by atoms with E-state index in [0.717, 1.165) is 43.2 Å². The van der Waals surface area contributed by atoms with Crippen LogP contribution in [0.2, 0.25) is 0 Å². The zero-order valence-corrected chi connectivity index (χ0v) is 14.3. The summed E-state index contributed by atoms with van der Waals surface area (Å²) in [5.41, 5.74) is 2.76. The van der Waals surface area contributed by atoms with E-state index < -0.39 is 0 Å². The Morgan fingerprint density at radius 1 is 1.04 bits per heavy atom. The molecule has 3 rings (SSSR count). The normalized spacial score (nSPS) is 14.1. The largest absolute Gasteiger partial charge is 0.497 e. The molecule has 1 saturated heterocycles. The second-order valence-electron chi connectivity index (χ2n) is 6.05. The Morgan fingerprint density at radius 3 is 2.24 bits per heavy atom. The first-order valence-corrected chi connectivity index (χ1v) is 8.35. The number of amides is 1. The molecule has 2 aromatic carbocycles. The number of hydrogen-bond acceptors (Lipinski definition) is 4. The molecular formula is C20H21N3O2. The minimum atomic E-state index is 0.157. The first kappa shape index (κ1) is 16.8. The third-order valence-electron chi connectivity index (χ3n) is 4.51. The number of benzene rings is 2. The number of nitrogens with zero attached hydrogens (tertiary/aromatic N) is 3. The number of ether oxygens (including phenoxy) is 1. The van der Waals surface area contributed by atoms with Crippen molar-refractivity contribution in [3.63, 3.8) is 0 Å². The van der Waals surface area contributed by atoms with Crippen molar-refractivity contribution in [3.8, 4) is 11.8 Å². The fourth-order valence-corrected chi connectivity index (χ4v) is 2.99. The highest BCUT2D eigenvalue weighted by Crippen LogP contribution is 2.18. The number of carbonyl (C=O) groups is 1. The topological polar surface area (TPSA) is 56.6 Å². The number of nitriles is 1. The Labute approximate surface area is 148 Å². The number of hydrogen-bond donors (Lipinski definition) is 0. The van der Waals surface area contributed by atoms with Crippen LogP contribution >= 0.6 is 0 Å². The lowest BCUT2D eigenvalue weighted by molar-refractivity contribution is -0.130. The quantitative estimate of drug-likeness (QED) is 0.861. The predicted molar refractivity (Wildman–Crippen MR) is 96.6 cm³/mol. The van der Waals surface area contributed by atoms with Crippen LogP contribution in [-0.4, -0.2) is 44.1 Å². The summed E-state index contributed by atoms with van der Waals surface area (Å²) in [6, 6.07) is 17.4. The van der Waals surface area contributed by atoms with Crippen molar-refractivity contribution < 1.29 is 9.53 Å². The van der Waals surface area contributed by atoms with Crippen molar-refractivity contribution in [3.05, 3.63) is 59.7 Å². The van der Waals surface area contributed by atoms with E-state index in [-0.39, 0.29) is 5.91 Å². The monoisotopic (exact) mass is 335 g/mol. The third-order valence-corrected chi connectivity index (χ3v) is 4.51. The van der Waals surface area contributed by atoms with Crippen molar-refractivity contribution in [2.45, 2.75) is 6.42 Å². The molecule has 5 heteroatoms. The molecule has 1 aliphatic rings. The van der Waals surface area contributed by atoms with Gasteiger partial charge in [0.2, 0.25) is 5.91 Å². The molecule has 1 fully saturated rings. The van der Waals surface area contributed by atoms with E-state index in [1.807, 2.05) is 53.4 Å². The van der Waals surface area contributed by atoms with Crippen molar-refractivity contribution in [2.75, 3.05) is 38.2 Å². The number of rotatable bonds is 4. The van der Waals surface area contributed by atoms with E-state index in [0.29, 0.717) is 12.0 Å². The van der Waals surface area contributed by atoms with Crippen LogP contribution in [0.4, 0.5) is 5.69 Å². The van der Waals surface area contributed by atoms with E-state index in [2.05, 4.69) is 11.0 Å². The molecule has 0 unspecified atom stereocenters. The summed E-state index contributed by atoms with van der Waals surface area (Å²) < 4.78 is 5.14. The smallest absolute Gasteiger partial charge is 0.227 e. The standard InChI is InChI=1S/C20H21N3O2/c1-25-19-8-4-16(5-9-19)14-20(24)23-12-10-22(11-13-23)18-6-2-17(15-21)3-7-18/h2-9H,10-14H2,1H3. The Balaban J connectivity index is 1.53. The molecule has 0 atom stereocenters. The maximum atomic E-state index is 12.5. The van der Waals surface area contributed by atoms with Crippen LogP contribution in [0.1, 0.15) is 11.1 Å². The molecule has 0 saturated carbocycles. The molecule has 25 heavy (non-hydrogen) atoms. The highest BCUT2D eigenvalue weighted by atomic mass is 16.5. The molecular weight excluding hydrogens is 314 g/mol. The predicted octanol–water partition coefficient (Wildman–Crippen LogP) is 2.46. The lowest BCUT2D eigenvalue weighted by Crippen LogP contribution is -2.49. The number of anilines is 1. The lowest BCUT2D eigenvalue weighted by Gasteiger charge is -2.36. The third kappa shape index (κ3) is 4.10. The van der Waals surface area contributed by atoms with Crippen molar-refractivity contribution in [1.82, 2.24) is 4.90 Å². The Kier molecular flexibility index (Phi) is 5.20. The van der Waals surface area contributed by atoms with E-state index in [1.54, 1.807) is 7.11 Å². The molecule has 2 aromatic rings. The van der Waals surface area contributed by atoms with E-state index >= 15 is 0 Å². The number of methoxy groups -OCH3 is 1. The zero-order chi connectivity index (χ0) is 17.6. The molecule has 1 aliphatic heterocycles. The van der Waals surface area contributed by atoms with Gasteiger partial charge >= 0.3 is 0 Å². The molecule has 0 radical (unpaired) electrons. The van der Waals surface area contributed by atoms with Gasteiger partial charge in [0.15, 0.2) is 0 Å². The highest BCUT2D eigenvalue weighted by Gasteiger charge is 2.21. The highest BCUT2D eigenvalue weighted by molar-refractivity contribution is 5.79. The van der Waals surface area contributed by atoms with E-state index in [4.69, 9.17) is 10.00 Å². The molecule has 0 aliphatic carbocycles. The summed E-state index contributed by atoms with van der Waals surface area (Å²) in [6.45, 7) is 3.05. The molecule has 0 spiro atoms. The second kappa shape index (κ2) is 7.71. The van der Waals surface area contributed by atoms with Crippen molar-refractivity contribution in [1.29, 1.82) is 5.26 Å². The lowest BCUT2D eigenvalue weighted by atomic mass is 10.1. The molecule has 1 heterocycles. The van der Waals surface area contributed by atoms with Gasteiger partial charge in [-0.3, -0.25) is 4.79 Å². The molecule has 5 nitrogen and oxygen atoms in total. The van der Waals surface area contributed by atoms with Crippen LogP contribution in [0.3, 0.4) is 0 Å². The van der Waals surface area contributed by atoms with Gasteiger partial charge in [0, 0.05) is 31.9 Å². The molecule has 0 bridgehead atoms. The van der Waals surface area contributed by atoms with Gasteiger partial charge in [-0.05, 0) is 42.0 Å². The zero-order valence-electron chi connectivity index (χ0n) is 14.3. The van der Waals surface area contributed by atoms with Gasteiger partial charge in [0.05, 0.1) is 25.2 Å². The summed E-state index contributed by atoms with van der Waals surface area (Å²) in [4.78, 5) is 16.7. The van der Waals surface area contributed by atoms with Crippen LogP contribution < -0.4 is 9.64 Å². The summed E-state index contributed by atoms with van der Waals surface area (Å²) in [6.07, 6.45) is 0.418. The van der Waals surface area contributed by atoms with Gasteiger partial charge < -0.3 is 14.5 Å².